The fraction of sp³-hybridized carbons (Fsp3) is 0.300. The SMILES string of the molecule is O=C(c1cccc([N+](=O)[O-])c1)N(CCN1CCOCC1)c1nc2c(Cl)cccc2s1. The molecule has 1 aliphatic heterocycles. The largest absolute Gasteiger partial charge is 0.379 e. The maximum atomic E-state index is 13.3. The molecule has 4 rings (SSSR count). The Morgan fingerprint density at radius 3 is 2.77 bits per heavy atom. The molecule has 156 valence electrons. The number of para-hydroxylation sites is 1. The highest BCUT2D eigenvalue weighted by molar-refractivity contribution is 7.22. The molecule has 3 aromatic rings. The summed E-state index contributed by atoms with van der Waals surface area (Å²) in [6.07, 6.45) is 0. The van der Waals surface area contributed by atoms with E-state index in [1.165, 1.54) is 29.5 Å². The lowest BCUT2D eigenvalue weighted by molar-refractivity contribution is -0.384. The summed E-state index contributed by atoms with van der Waals surface area (Å²) in [5.74, 6) is -0.331. The molecule has 0 radical (unpaired) electrons. The van der Waals surface area contributed by atoms with Gasteiger partial charge in [0.1, 0.15) is 5.52 Å². The highest BCUT2D eigenvalue weighted by Gasteiger charge is 2.24. The fourth-order valence-corrected chi connectivity index (χ4v) is 4.57. The van der Waals surface area contributed by atoms with Crippen molar-refractivity contribution in [2.45, 2.75) is 0 Å². The van der Waals surface area contributed by atoms with Crippen molar-refractivity contribution in [3.05, 3.63) is 63.2 Å². The number of amides is 1. The summed E-state index contributed by atoms with van der Waals surface area (Å²) in [5, 5.41) is 12.2. The second-order valence-electron chi connectivity index (χ2n) is 6.80. The number of fused-ring (bicyclic) bond motifs is 1. The summed E-state index contributed by atoms with van der Waals surface area (Å²) in [7, 11) is 0. The highest BCUT2D eigenvalue weighted by atomic mass is 35.5. The maximum Gasteiger partial charge on any atom is 0.270 e. The number of non-ortho nitro benzene ring substituents is 1. The number of nitro groups is 1. The average molecular weight is 447 g/mol. The summed E-state index contributed by atoms with van der Waals surface area (Å²) in [5.41, 5.74) is 0.764. The number of aromatic nitrogens is 1. The van der Waals surface area contributed by atoms with Crippen LogP contribution in [-0.4, -0.2) is 60.1 Å². The highest BCUT2D eigenvalue weighted by Crippen LogP contribution is 2.33. The first-order valence-corrected chi connectivity index (χ1v) is 10.6. The van der Waals surface area contributed by atoms with E-state index in [0.29, 0.717) is 42.0 Å². The van der Waals surface area contributed by atoms with E-state index in [1.807, 2.05) is 12.1 Å². The number of thiazole rings is 1. The Labute approximate surface area is 181 Å². The Kier molecular flexibility index (Phi) is 6.24. The third kappa shape index (κ3) is 4.44. The van der Waals surface area contributed by atoms with E-state index in [9.17, 15) is 14.9 Å². The summed E-state index contributed by atoms with van der Waals surface area (Å²) in [6.45, 7) is 3.97. The van der Waals surface area contributed by atoms with E-state index in [2.05, 4.69) is 9.88 Å². The molecule has 2 heterocycles. The molecule has 10 heteroatoms. The molecule has 0 N–H and O–H groups in total. The predicted octanol–water partition coefficient (Wildman–Crippen LogP) is 3.84. The number of hydrogen-bond acceptors (Lipinski definition) is 7. The number of nitrogens with zero attached hydrogens (tertiary/aromatic N) is 4. The number of benzene rings is 2. The van der Waals surface area contributed by atoms with Gasteiger partial charge in [0.05, 0.1) is 27.9 Å². The van der Waals surface area contributed by atoms with E-state index < -0.39 is 4.92 Å². The minimum atomic E-state index is -0.508. The molecule has 1 aliphatic rings. The smallest absolute Gasteiger partial charge is 0.270 e. The van der Waals surface area contributed by atoms with Crippen LogP contribution in [0, 0.1) is 10.1 Å². The Bertz CT molecular complexity index is 1080. The molecule has 0 aliphatic carbocycles. The summed E-state index contributed by atoms with van der Waals surface area (Å²) >= 11 is 7.64. The van der Waals surface area contributed by atoms with Crippen LogP contribution in [0.25, 0.3) is 10.2 Å². The molecular weight excluding hydrogens is 428 g/mol. The van der Waals surface area contributed by atoms with Crippen LogP contribution in [0.5, 0.6) is 0 Å². The van der Waals surface area contributed by atoms with E-state index >= 15 is 0 Å². The fourth-order valence-electron chi connectivity index (χ4n) is 3.28. The van der Waals surface area contributed by atoms with E-state index in [0.717, 1.165) is 17.8 Å². The van der Waals surface area contributed by atoms with Crippen LogP contribution < -0.4 is 4.90 Å². The zero-order valence-corrected chi connectivity index (χ0v) is 17.6. The first-order chi connectivity index (χ1) is 14.5. The summed E-state index contributed by atoms with van der Waals surface area (Å²) < 4.78 is 6.26. The molecule has 8 nitrogen and oxygen atoms in total. The van der Waals surface area contributed by atoms with Crippen LogP contribution in [0.15, 0.2) is 42.5 Å². The van der Waals surface area contributed by atoms with Gasteiger partial charge in [-0.1, -0.05) is 35.1 Å². The molecule has 0 spiro atoms. The molecule has 1 fully saturated rings. The van der Waals surface area contributed by atoms with Gasteiger partial charge in [-0.15, -0.1) is 0 Å². The van der Waals surface area contributed by atoms with Gasteiger partial charge in [-0.3, -0.25) is 24.7 Å². The van der Waals surface area contributed by atoms with Crippen molar-refractivity contribution >= 4 is 49.9 Å². The molecule has 0 atom stereocenters. The van der Waals surface area contributed by atoms with Crippen molar-refractivity contribution in [2.75, 3.05) is 44.3 Å². The summed E-state index contributed by atoms with van der Waals surface area (Å²) in [6, 6.07) is 11.3. The van der Waals surface area contributed by atoms with Gasteiger partial charge in [-0.25, -0.2) is 4.98 Å². The topological polar surface area (TPSA) is 88.8 Å². The van der Waals surface area contributed by atoms with Crippen molar-refractivity contribution in [1.29, 1.82) is 0 Å². The van der Waals surface area contributed by atoms with Crippen molar-refractivity contribution < 1.29 is 14.5 Å². The van der Waals surface area contributed by atoms with Gasteiger partial charge in [-0.2, -0.15) is 0 Å². The number of carbonyl (C=O) groups is 1. The zero-order chi connectivity index (χ0) is 21.1. The van der Waals surface area contributed by atoms with Crippen molar-refractivity contribution in [3.63, 3.8) is 0 Å². The monoisotopic (exact) mass is 446 g/mol. The Balaban J connectivity index is 1.66. The molecule has 1 amide bonds. The second-order valence-corrected chi connectivity index (χ2v) is 8.22. The first kappa shape index (κ1) is 20.7. The van der Waals surface area contributed by atoms with Crippen LogP contribution in [0.1, 0.15) is 10.4 Å². The molecule has 1 aromatic heterocycles. The normalized spacial score (nSPS) is 14.7. The Morgan fingerprint density at radius 1 is 1.27 bits per heavy atom. The third-order valence-corrected chi connectivity index (χ3v) is 6.23. The molecule has 0 unspecified atom stereocenters. The van der Waals surface area contributed by atoms with Gasteiger partial charge in [0.15, 0.2) is 5.13 Å². The number of rotatable bonds is 6. The lowest BCUT2D eigenvalue weighted by Gasteiger charge is -2.29. The molecule has 30 heavy (non-hydrogen) atoms. The third-order valence-electron chi connectivity index (χ3n) is 4.88. The van der Waals surface area contributed by atoms with Crippen molar-refractivity contribution in [2.24, 2.45) is 0 Å². The number of ether oxygens (including phenoxy) is 1. The lowest BCUT2D eigenvalue weighted by Crippen LogP contribution is -2.43. The first-order valence-electron chi connectivity index (χ1n) is 9.44. The minimum absolute atomic E-state index is 0.124. The Hall–Kier alpha value is -2.59. The molecule has 0 bridgehead atoms. The van der Waals surface area contributed by atoms with Gasteiger partial charge in [0, 0.05) is 43.9 Å². The average Bonchev–Trinajstić information content (AvgIpc) is 3.20. The number of morpholine rings is 1. The van der Waals surface area contributed by atoms with Crippen molar-refractivity contribution in [1.82, 2.24) is 9.88 Å². The van der Waals surface area contributed by atoms with Crippen LogP contribution in [0.3, 0.4) is 0 Å². The van der Waals surface area contributed by atoms with Crippen molar-refractivity contribution in [3.8, 4) is 0 Å². The van der Waals surface area contributed by atoms with Gasteiger partial charge >= 0.3 is 0 Å². The predicted molar refractivity (Wildman–Crippen MR) is 117 cm³/mol. The van der Waals surface area contributed by atoms with Gasteiger partial charge in [-0.05, 0) is 18.2 Å². The van der Waals surface area contributed by atoms with Crippen LogP contribution in [0.4, 0.5) is 10.8 Å². The van der Waals surface area contributed by atoms with Crippen LogP contribution in [0.2, 0.25) is 5.02 Å². The molecule has 1 saturated heterocycles. The molecule has 0 saturated carbocycles. The number of anilines is 1. The van der Waals surface area contributed by atoms with Gasteiger partial charge in [0.25, 0.3) is 11.6 Å². The number of nitro benzene ring substituents is 1. The van der Waals surface area contributed by atoms with E-state index in [1.54, 1.807) is 17.0 Å². The summed E-state index contributed by atoms with van der Waals surface area (Å²) in [4.78, 5) is 32.4. The maximum absolute atomic E-state index is 13.3. The molecule has 2 aromatic carbocycles. The minimum Gasteiger partial charge on any atom is -0.379 e. The number of hydrogen-bond donors (Lipinski definition) is 0. The zero-order valence-electron chi connectivity index (χ0n) is 16.0. The van der Waals surface area contributed by atoms with Gasteiger partial charge < -0.3 is 4.74 Å². The molecular formula is C20H19ClN4O4S. The number of carbonyl (C=O) groups excluding carboxylic acids is 1. The van der Waals surface area contributed by atoms with Crippen LogP contribution in [-0.2, 0) is 4.74 Å². The second kappa shape index (κ2) is 9.05. The van der Waals surface area contributed by atoms with E-state index in [4.69, 9.17) is 16.3 Å². The van der Waals surface area contributed by atoms with E-state index in [-0.39, 0.29) is 17.2 Å². The van der Waals surface area contributed by atoms with Gasteiger partial charge in [0.2, 0.25) is 0 Å². The lowest BCUT2D eigenvalue weighted by atomic mass is 10.2. The number of halogens is 1. The van der Waals surface area contributed by atoms with Crippen LogP contribution >= 0.6 is 22.9 Å². The quantitative estimate of drug-likeness (QED) is 0.422. The Morgan fingerprint density at radius 2 is 2.03 bits per heavy atom. The standard InChI is InChI=1S/C20H19ClN4O4S/c21-16-5-2-6-17-18(16)22-20(30-17)24(8-7-23-9-11-29-12-10-23)19(26)14-3-1-4-15(13-14)25(27)28/h1-6,13H,7-12H2.